The van der Waals surface area contributed by atoms with E-state index < -0.39 is 0 Å². The van der Waals surface area contributed by atoms with Crippen molar-refractivity contribution in [1.82, 2.24) is 9.88 Å². The summed E-state index contributed by atoms with van der Waals surface area (Å²) in [5.41, 5.74) is 7.96. The minimum absolute atomic E-state index is 0.0394. The molecule has 0 saturated heterocycles. The molecular formula is C12H17N3O3. The fourth-order valence-electron chi connectivity index (χ4n) is 1.75. The molecule has 0 aliphatic heterocycles. The SMILES string of the molecule is Cn1c(=O)oc2ccc(CNCC(N)CO)cc21. The van der Waals surface area contributed by atoms with Gasteiger partial charge in [-0.15, -0.1) is 0 Å². The molecule has 98 valence electrons. The molecule has 1 atom stereocenters. The molecule has 2 rings (SSSR count). The van der Waals surface area contributed by atoms with Crippen molar-refractivity contribution in [2.24, 2.45) is 12.8 Å². The molecule has 6 nitrogen and oxygen atoms in total. The third-order valence-electron chi connectivity index (χ3n) is 2.83. The highest BCUT2D eigenvalue weighted by atomic mass is 16.4. The first kappa shape index (κ1) is 12.8. The van der Waals surface area contributed by atoms with Gasteiger partial charge in [0.2, 0.25) is 0 Å². The quantitative estimate of drug-likeness (QED) is 0.668. The summed E-state index contributed by atoms with van der Waals surface area (Å²) in [5, 5.41) is 11.9. The van der Waals surface area contributed by atoms with Gasteiger partial charge in [-0.1, -0.05) is 6.07 Å². The summed E-state index contributed by atoms with van der Waals surface area (Å²) in [6.45, 7) is 1.13. The van der Waals surface area contributed by atoms with Gasteiger partial charge in [0.1, 0.15) is 0 Å². The van der Waals surface area contributed by atoms with Crippen molar-refractivity contribution in [3.05, 3.63) is 34.3 Å². The van der Waals surface area contributed by atoms with Crippen LogP contribution in [-0.2, 0) is 13.6 Å². The zero-order valence-electron chi connectivity index (χ0n) is 10.2. The van der Waals surface area contributed by atoms with Crippen molar-refractivity contribution in [2.75, 3.05) is 13.2 Å². The molecule has 6 heteroatoms. The van der Waals surface area contributed by atoms with Crippen LogP contribution in [0.1, 0.15) is 5.56 Å². The molecule has 0 aliphatic carbocycles. The highest BCUT2D eigenvalue weighted by Gasteiger charge is 2.06. The fraction of sp³-hybridized carbons (Fsp3) is 0.417. The van der Waals surface area contributed by atoms with Crippen LogP contribution in [-0.4, -0.2) is 28.9 Å². The Balaban J connectivity index is 2.10. The third kappa shape index (κ3) is 2.61. The predicted octanol–water partition coefficient (Wildman–Crippen LogP) is -0.459. The summed E-state index contributed by atoms with van der Waals surface area (Å²) in [6, 6.07) is 5.31. The van der Waals surface area contributed by atoms with Gasteiger partial charge in [-0.2, -0.15) is 0 Å². The van der Waals surface area contributed by atoms with E-state index in [1.54, 1.807) is 13.1 Å². The van der Waals surface area contributed by atoms with Gasteiger partial charge in [0.15, 0.2) is 5.58 Å². The van der Waals surface area contributed by atoms with E-state index in [9.17, 15) is 4.79 Å². The molecule has 0 fully saturated rings. The number of aliphatic hydroxyl groups is 1. The smallest absolute Gasteiger partial charge is 0.408 e. The van der Waals surface area contributed by atoms with E-state index in [0.29, 0.717) is 18.7 Å². The summed E-state index contributed by atoms with van der Waals surface area (Å²) >= 11 is 0. The second-order valence-corrected chi connectivity index (χ2v) is 4.30. The summed E-state index contributed by atoms with van der Waals surface area (Å²) in [4.78, 5) is 11.3. The van der Waals surface area contributed by atoms with Crippen molar-refractivity contribution in [3.63, 3.8) is 0 Å². The summed E-state index contributed by atoms with van der Waals surface area (Å²) in [7, 11) is 1.67. The average Bonchev–Trinajstić information content (AvgIpc) is 2.65. The van der Waals surface area contributed by atoms with Gasteiger partial charge in [0, 0.05) is 26.2 Å². The minimum atomic E-state index is -0.364. The minimum Gasteiger partial charge on any atom is -0.408 e. The van der Waals surface area contributed by atoms with Gasteiger partial charge in [-0.3, -0.25) is 4.57 Å². The van der Waals surface area contributed by atoms with Gasteiger partial charge < -0.3 is 20.6 Å². The number of rotatable bonds is 5. The maximum Gasteiger partial charge on any atom is 0.419 e. The van der Waals surface area contributed by atoms with Gasteiger partial charge in [0.25, 0.3) is 0 Å². The summed E-state index contributed by atoms with van der Waals surface area (Å²) < 4.78 is 6.52. The number of aromatic nitrogens is 1. The largest absolute Gasteiger partial charge is 0.419 e. The van der Waals surface area contributed by atoms with E-state index in [0.717, 1.165) is 11.1 Å². The number of hydrogen-bond acceptors (Lipinski definition) is 5. The van der Waals surface area contributed by atoms with E-state index in [4.69, 9.17) is 15.3 Å². The third-order valence-corrected chi connectivity index (χ3v) is 2.83. The number of aliphatic hydroxyl groups excluding tert-OH is 1. The van der Waals surface area contributed by atoms with Crippen molar-refractivity contribution in [3.8, 4) is 0 Å². The van der Waals surface area contributed by atoms with Crippen LogP contribution >= 0.6 is 0 Å². The molecule has 0 spiro atoms. The molecule has 1 heterocycles. The number of benzene rings is 1. The molecule has 4 N–H and O–H groups in total. The normalized spacial score (nSPS) is 13.1. The molecule has 18 heavy (non-hydrogen) atoms. The number of nitrogens with zero attached hydrogens (tertiary/aromatic N) is 1. The Morgan fingerprint density at radius 1 is 1.56 bits per heavy atom. The second kappa shape index (κ2) is 5.34. The highest BCUT2D eigenvalue weighted by Crippen LogP contribution is 2.13. The Bertz CT molecular complexity index is 588. The lowest BCUT2D eigenvalue weighted by molar-refractivity contribution is 0.262. The van der Waals surface area contributed by atoms with Crippen LogP contribution in [0.15, 0.2) is 27.4 Å². The maximum absolute atomic E-state index is 11.3. The number of nitrogens with one attached hydrogen (secondary N) is 1. The van der Waals surface area contributed by atoms with Crippen LogP contribution in [0.5, 0.6) is 0 Å². The van der Waals surface area contributed by atoms with Gasteiger partial charge in [-0.25, -0.2) is 4.79 Å². The number of oxazole rings is 1. The van der Waals surface area contributed by atoms with Crippen LogP contribution in [0.25, 0.3) is 11.1 Å². The summed E-state index contributed by atoms with van der Waals surface area (Å²) in [6.07, 6.45) is 0. The van der Waals surface area contributed by atoms with Gasteiger partial charge in [0.05, 0.1) is 12.1 Å². The van der Waals surface area contributed by atoms with Crippen LogP contribution in [0, 0.1) is 0 Å². The van der Waals surface area contributed by atoms with Crippen LogP contribution < -0.4 is 16.8 Å². The lowest BCUT2D eigenvalue weighted by Gasteiger charge is -2.09. The number of fused-ring (bicyclic) bond motifs is 1. The second-order valence-electron chi connectivity index (χ2n) is 4.30. The number of aryl methyl sites for hydroxylation is 1. The Morgan fingerprint density at radius 2 is 2.33 bits per heavy atom. The maximum atomic E-state index is 11.3. The molecule has 0 amide bonds. The first-order valence-corrected chi connectivity index (χ1v) is 5.77. The van der Waals surface area contributed by atoms with Crippen molar-refractivity contribution in [1.29, 1.82) is 0 Å². The molecule has 0 saturated carbocycles. The van der Waals surface area contributed by atoms with Gasteiger partial charge >= 0.3 is 5.76 Å². The lowest BCUT2D eigenvalue weighted by atomic mass is 10.2. The van der Waals surface area contributed by atoms with E-state index in [1.165, 1.54) is 4.57 Å². The number of hydrogen-bond donors (Lipinski definition) is 3. The molecule has 2 aromatic rings. The monoisotopic (exact) mass is 251 g/mol. The van der Waals surface area contributed by atoms with Gasteiger partial charge in [-0.05, 0) is 17.7 Å². The van der Waals surface area contributed by atoms with Crippen LogP contribution in [0.3, 0.4) is 0 Å². The van der Waals surface area contributed by atoms with Crippen LogP contribution in [0.2, 0.25) is 0 Å². The molecular weight excluding hydrogens is 234 g/mol. The zero-order valence-corrected chi connectivity index (χ0v) is 10.2. The lowest BCUT2D eigenvalue weighted by Crippen LogP contribution is -2.36. The van der Waals surface area contributed by atoms with E-state index in [2.05, 4.69) is 5.32 Å². The molecule has 0 bridgehead atoms. The first-order chi connectivity index (χ1) is 8.61. The van der Waals surface area contributed by atoms with E-state index in [1.807, 2.05) is 12.1 Å². The zero-order chi connectivity index (χ0) is 13.1. The predicted molar refractivity (Wildman–Crippen MR) is 68.2 cm³/mol. The fourth-order valence-corrected chi connectivity index (χ4v) is 1.75. The highest BCUT2D eigenvalue weighted by molar-refractivity contribution is 5.73. The topological polar surface area (TPSA) is 93.4 Å². The Kier molecular flexibility index (Phi) is 3.81. The van der Waals surface area contributed by atoms with E-state index >= 15 is 0 Å². The standard InChI is InChI=1S/C12H17N3O3/c1-15-10-4-8(5-14-6-9(13)7-16)2-3-11(10)18-12(15)17/h2-4,9,14,16H,5-7,13H2,1H3. The average molecular weight is 251 g/mol. The first-order valence-electron chi connectivity index (χ1n) is 5.77. The number of nitrogens with two attached hydrogens (primary N) is 1. The Hall–Kier alpha value is -1.63. The Labute approximate surface area is 104 Å². The molecule has 1 aromatic heterocycles. The summed E-state index contributed by atoms with van der Waals surface area (Å²) in [5.74, 6) is -0.364. The van der Waals surface area contributed by atoms with E-state index in [-0.39, 0.29) is 18.4 Å². The Morgan fingerprint density at radius 3 is 3.06 bits per heavy atom. The molecule has 0 aliphatic rings. The van der Waals surface area contributed by atoms with Crippen molar-refractivity contribution in [2.45, 2.75) is 12.6 Å². The van der Waals surface area contributed by atoms with Crippen LogP contribution in [0.4, 0.5) is 0 Å². The molecule has 1 aromatic carbocycles. The molecule has 1 unspecified atom stereocenters. The molecule has 0 radical (unpaired) electrons. The van der Waals surface area contributed by atoms with Crippen molar-refractivity contribution < 1.29 is 9.52 Å². The van der Waals surface area contributed by atoms with Crippen molar-refractivity contribution >= 4 is 11.1 Å².